The Kier molecular flexibility index (Phi) is 4.84. The van der Waals surface area contributed by atoms with E-state index in [1.807, 2.05) is 11.9 Å². The lowest BCUT2D eigenvalue weighted by atomic mass is 9.94. The molecule has 2 rings (SSSR count). The van der Waals surface area contributed by atoms with E-state index in [1.165, 1.54) is 19.3 Å². The number of amides is 1. The number of carbonyl (C=O) groups excluding carboxylic acids is 1. The minimum atomic E-state index is 0.164. The fraction of sp³-hybridized carbons (Fsp3) is 0.846. The second kappa shape index (κ2) is 6.61. The monoisotopic (exact) mass is 252 g/mol. The first kappa shape index (κ1) is 13.2. The highest BCUT2D eigenvalue weighted by Crippen LogP contribution is 2.21. The fourth-order valence-electron chi connectivity index (χ4n) is 2.61. The molecule has 0 aromatic heterocycles. The van der Waals surface area contributed by atoms with Crippen LogP contribution in [0, 0.1) is 0 Å². The average Bonchev–Trinajstić information content (AvgIpc) is 2.46. The zero-order valence-electron chi connectivity index (χ0n) is 11.2. The zero-order chi connectivity index (χ0) is 12.8. The van der Waals surface area contributed by atoms with Gasteiger partial charge in [0.1, 0.15) is 0 Å². The summed E-state index contributed by atoms with van der Waals surface area (Å²) >= 11 is 0. The summed E-state index contributed by atoms with van der Waals surface area (Å²) in [4.78, 5) is 18.3. The summed E-state index contributed by atoms with van der Waals surface area (Å²) in [7, 11) is 1.93. The summed E-state index contributed by atoms with van der Waals surface area (Å²) in [5.74, 6) is 0.934. The van der Waals surface area contributed by atoms with Crippen LogP contribution in [0.2, 0.25) is 0 Å². The number of likely N-dealkylation sites (N-methyl/N-ethyl adjacent to an activating group) is 1. The van der Waals surface area contributed by atoms with Crippen molar-refractivity contribution in [3.8, 4) is 0 Å². The van der Waals surface area contributed by atoms with Crippen LogP contribution in [-0.2, 0) is 4.79 Å². The van der Waals surface area contributed by atoms with E-state index < -0.39 is 0 Å². The number of nitrogens with one attached hydrogen (secondary N) is 2. The summed E-state index contributed by atoms with van der Waals surface area (Å²) < 4.78 is 0. The molecule has 1 aliphatic carbocycles. The van der Waals surface area contributed by atoms with Gasteiger partial charge in [0.25, 0.3) is 0 Å². The minimum Gasteiger partial charge on any atom is -0.356 e. The molecule has 5 heteroatoms. The number of hydrogen-bond donors (Lipinski definition) is 2. The molecule has 1 saturated carbocycles. The number of hydrogen-bond acceptors (Lipinski definition) is 4. The molecule has 2 N–H and O–H groups in total. The Morgan fingerprint density at radius 1 is 1.39 bits per heavy atom. The van der Waals surface area contributed by atoms with Crippen molar-refractivity contribution in [2.75, 3.05) is 26.7 Å². The van der Waals surface area contributed by atoms with Crippen LogP contribution >= 0.6 is 0 Å². The van der Waals surface area contributed by atoms with Gasteiger partial charge in [0.15, 0.2) is 5.96 Å². The van der Waals surface area contributed by atoms with Crippen molar-refractivity contribution >= 4 is 11.9 Å². The highest BCUT2D eigenvalue weighted by Gasteiger charge is 2.21. The van der Waals surface area contributed by atoms with Crippen molar-refractivity contribution in [2.24, 2.45) is 4.99 Å². The van der Waals surface area contributed by atoms with Gasteiger partial charge in [0.05, 0.1) is 6.54 Å². The molecule has 0 aromatic carbocycles. The number of aliphatic imine (C=N–C) groups is 1. The van der Waals surface area contributed by atoms with Crippen molar-refractivity contribution in [1.29, 1.82) is 0 Å². The minimum absolute atomic E-state index is 0.164. The molecular formula is C13H24N4O. The molecule has 1 heterocycles. The van der Waals surface area contributed by atoms with Crippen LogP contribution < -0.4 is 10.6 Å². The maximum absolute atomic E-state index is 12.1. The SMILES string of the molecule is CN(C(=O)CNC1=NCCCN1)C1CCCCC1. The number of rotatable bonds is 3. The Bertz CT molecular complexity index is 310. The lowest BCUT2D eigenvalue weighted by Gasteiger charge is -2.31. The Morgan fingerprint density at radius 3 is 2.83 bits per heavy atom. The second-order valence-corrected chi connectivity index (χ2v) is 5.16. The van der Waals surface area contributed by atoms with E-state index in [1.54, 1.807) is 0 Å². The van der Waals surface area contributed by atoms with Crippen molar-refractivity contribution in [3.05, 3.63) is 0 Å². The van der Waals surface area contributed by atoms with E-state index in [4.69, 9.17) is 0 Å². The molecule has 102 valence electrons. The quantitative estimate of drug-likeness (QED) is 0.778. The van der Waals surface area contributed by atoms with Gasteiger partial charge in [-0.2, -0.15) is 0 Å². The number of nitrogens with zero attached hydrogens (tertiary/aromatic N) is 2. The van der Waals surface area contributed by atoms with Gasteiger partial charge in [-0.3, -0.25) is 9.79 Å². The Labute approximate surface area is 109 Å². The third-order valence-corrected chi connectivity index (χ3v) is 3.82. The molecular weight excluding hydrogens is 228 g/mol. The van der Waals surface area contributed by atoms with E-state index in [2.05, 4.69) is 15.6 Å². The van der Waals surface area contributed by atoms with Gasteiger partial charge >= 0.3 is 0 Å². The maximum atomic E-state index is 12.1. The lowest BCUT2D eigenvalue weighted by Crippen LogP contribution is -2.47. The van der Waals surface area contributed by atoms with Crippen molar-refractivity contribution in [3.63, 3.8) is 0 Å². The van der Waals surface area contributed by atoms with Gasteiger partial charge < -0.3 is 15.5 Å². The Morgan fingerprint density at radius 2 is 2.17 bits per heavy atom. The average molecular weight is 252 g/mol. The molecule has 18 heavy (non-hydrogen) atoms. The lowest BCUT2D eigenvalue weighted by molar-refractivity contribution is -0.131. The Hall–Kier alpha value is -1.26. The van der Waals surface area contributed by atoms with Crippen LogP contribution in [0.15, 0.2) is 4.99 Å². The van der Waals surface area contributed by atoms with Gasteiger partial charge in [-0.1, -0.05) is 19.3 Å². The second-order valence-electron chi connectivity index (χ2n) is 5.16. The first-order valence-corrected chi connectivity index (χ1v) is 7.05. The highest BCUT2D eigenvalue weighted by atomic mass is 16.2. The topological polar surface area (TPSA) is 56.7 Å². The van der Waals surface area contributed by atoms with E-state index in [0.29, 0.717) is 12.6 Å². The molecule has 0 unspecified atom stereocenters. The summed E-state index contributed by atoms with van der Waals surface area (Å²) in [6.07, 6.45) is 7.20. The first-order chi connectivity index (χ1) is 8.77. The van der Waals surface area contributed by atoms with Gasteiger partial charge in [-0.15, -0.1) is 0 Å². The van der Waals surface area contributed by atoms with Crippen LogP contribution in [-0.4, -0.2) is 49.5 Å². The molecule has 1 amide bonds. The van der Waals surface area contributed by atoms with Crippen molar-refractivity contribution in [2.45, 2.75) is 44.6 Å². The highest BCUT2D eigenvalue weighted by molar-refractivity contribution is 5.86. The smallest absolute Gasteiger partial charge is 0.241 e. The molecule has 1 aliphatic heterocycles. The molecule has 0 spiro atoms. The van der Waals surface area contributed by atoms with E-state index >= 15 is 0 Å². The summed E-state index contributed by atoms with van der Waals surface area (Å²) in [5.41, 5.74) is 0. The van der Waals surface area contributed by atoms with E-state index in [0.717, 1.165) is 38.3 Å². The fourth-order valence-corrected chi connectivity index (χ4v) is 2.61. The first-order valence-electron chi connectivity index (χ1n) is 7.05. The standard InChI is InChI=1S/C13H24N4O/c1-17(11-6-3-2-4-7-11)12(18)10-16-13-14-8-5-9-15-13/h11H,2-10H2,1H3,(H2,14,15,16). The largest absolute Gasteiger partial charge is 0.356 e. The summed E-state index contributed by atoms with van der Waals surface area (Å²) in [6.45, 7) is 2.14. The van der Waals surface area contributed by atoms with Crippen molar-refractivity contribution < 1.29 is 4.79 Å². The van der Waals surface area contributed by atoms with Gasteiger partial charge in [-0.25, -0.2) is 0 Å². The third kappa shape index (κ3) is 3.62. The molecule has 0 saturated heterocycles. The zero-order valence-corrected chi connectivity index (χ0v) is 11.2. The van der Waals surface area contributed by atoms with E-state index in [9.17, 15) is 4.79 Å². The van der Waals surface area contributed by atoms with Crippen molar-refractivity contribution in [1.82, 2.24) is 15.5 Å². The van der Waals surface area contributed by atoms with Crippen LogP contribution in [0.4, 0.5) is 0 Å². The summed E-state index contributed by atoms with van der Waals surface area (Å²) in [6, 6.07) is 0.439. The molecule has 5 nitrogen and oxygen atoms in total. The van der Waals surface area contributed by atoms with Gasteiger partial charge in [-0.05, 0) is 19.3 Å². The predicted octanol–water partition coefficient (Wildman–Crippen LogP) is 0.716. The third-order valence-electron chi connectivity index (χ3n) is 3.82. The van der Waals surface area contributed by atoms with Crippen LogP contribution in [0.1, 0.15) is 38.5 Å². The predicted molar refractivity (Wildman–Crippen MR) is 72.6 cm³/mol. The summed E-state index contributed by atoms with van der Waals surface area (Å²) in [5, 5.41) is 6.25. The molecule has 2 aliphatic rings. The van der Waals surface area contributed by atoms with Gasteiger partial charge in [0, 0.05) is 26.2 Å². The molecule has 1 fully saturated rings. The van der Waals surface area contributed by atoms with Crippen LogP contribution in [0.25, 0.3) is 0 Å². The normalized spacial score (nSPS) is 20.8. The van der Waals surface area contributed by atoms with E-state index in [-0.39, 0.29) is 5.91 Å². The van der Waals surface area contributed by atoms with Gasteiger partial charge in [0.2, 0.25) is 5.91 Å². The maximum Gasteiger partial charge on any atom is 0.241 e. The van der Waals surface area contributed by atoms with Crippen LogP contribution in [0.3, 0.4) is 0 Å². The number of guanidine groups is 1. The molecule has 0 atom stereocenters. The Balaban J connectivity index is 1.74. The van der Waals surface area contributed by atoms with Crippen LogP contribution in [0.5, 0.6) is 0 Å². The molecule has 0 aromatic rings. The molecule has 0 bridgehead atoms. The molecule has 0 radical (unpaired) electrons. The number of carbonyl (C=O) groups is 1.